The van der Waals surface area contributed by atoms with Crippen molar-refractivity contribution in [2.75, 3.05) is 13.6 Å². The molecule has 0 amide bonds. The highest BCUT2D eigenvalue weighted by molar-refractivity contribution is 5.40. The molecule has 0 spiro atoms. The molecule has 2 nitrogen and oxygen atoms in total. The van der Waals surface area contributed by atoms with Gasteiger partial charge < -0.3 is 9.59 Å². The molecule has 0 heterocycles. The van der Waals surface area contributed by atoms with Crippen LogP contribution in [0.15, 0.2) is 48.5 Å². The van der Waals surface area contributed by atoms with Gasteiger partial charge in [-0.25, -0.2) is 0 Å². The maximum Gasteiger partial charge on any atom is 0.118 e. The van der Waals surface area contributed by atoms with E-state index in [-0.39, 0.29) is 0 Å². The summed E-state index contributed by atoms with van der Waals surface area (Å²) < 4.78 is 1.07. The van der Waals surface area contributed by atoms with E-state index in [4.69, 9.17) is 0 Å². The minimum Gasteiger partial charge on any atom is -0.508 e. The second-order valence-electron chi connectivity index (χ2n) is 8.06. The summed E-state index contributed by atoms with van der Waals surface area (Å²) in [6.07, 6.45) is 1.10. The number of phenols is 1. The van der Waals surface area contributed by atoms with Crippen LogP contribution in [0.1, 0.15) is 56.7 Å². The van der Waals surface area contributed by atoms with Crippen LogP contribution in [0.3, 0.4) is 0 Å². The summed E-state index contributed by atoms with van der Waals surface area (Å²) in [5.41, 5.74) is 3.59. The van der Waals surface area contributed by atoms with E-state index in [1.54, 1.807) is 0 Å². The number of phenolic OH excluding ortho intramolecular Hbond substituents is 1. The molecule has 0 aliphatic carbocycles. The fourth-order valence-electron chi connectivity index (χ4n) is 3.63. The second-order valence-corrected chi connectivity index (χ2v) is 8.06. The van der Waals surface area contributed by atoms with Crippen LogP contribution in [-0.2, 0) is 0 Å². The largest absolute Gasteiger partial charge is 0.508 e. The molecule has 0 saturated heterocycles. The molecular weight excluding hydrogens is 306 g/mol. The molecule has 0 bridgehead atoms. The fraction of sp³-hybridized carbons (Fsp3) is 0.478. The number of hydrogen-bond acceptors (Lipinski definition) is 1. The summed E-state index contributed by atoms with van der Waals surface area (Å²) in [6.45, 7) is 12.4. The van der Waals surface area contributed by atoms with Crippen molar-refractivity contribution in [3.8, 4) is 5.75 Å². The molecule has 0 unspecified atom stereocenters. The van der Waals surface area contributed by atoms with Crippen molar-refractivity contribution in [1.29, 1.82) is 0 Å². The Labute approximate surface area is 153 Å². The third-order valence-corrected chi connectivity index (χ3v) is 6.08. The lowest BCUT2D eigenvalue weighted by atomic mass is 9.87. The number of benzene rings is 2. The minimum absolute atomic E-state index is 0.357. The lowest BCUT2D eigenvalue weighted by Gasteiger charge is -2.43. The third kappa shape index (κ3) is 4.43. The van der Waals surface area contributed by atoms with E-state index in [2.05, 4.69) is 77.2 Å². The second kappa shape index (κ2) is 8.05. The van der Waals surface area contributed by atoms with Crippen LogP contribution in [0.4, 0.5) is 0 Å². The van der Waals surface area contributed by atoms with Crippen LogP contribution in [0, 0.1) is 6.92 Å². The van der Waals surface area contributed by atoms with Crippen LogP contribution >= 0.6 is 0 Å². The third-order valence-electron chi connectivity index (χ3n) is 6.08. The molecule has 0 radical (unpaired) electrons. The molecule has 25 heavy (non-hydrogen) atoms. The van der Waals surface area contributed by atoms with Gasteiger partial charge in [0.15, 0.2) is 0 Å². The zero-order valence-corrected chi connectivity index (χ0v) is 16.7. The number of aromatic hydroxyl groups is 1. The summed E-state index contributed by atoms with van der Waals surface area (Å²) in [5, 5.41) is 9.90. The average Bonchev–Trinajstić information content (AvgIpc) is 2.58. The monoisotopic (exact) mass is 340 g/mol. The van der Waals surface area contributed by atoms with Crippen molar-refractivity contribution >= 4 is 0 Å². The van der Waals surface area contributed by atoms with E-state index < -0.39 is 0 Å². The molecule has 0 fully saturated rings. The Morgan fingerprint density at radius 2 is 1.48 bits per heavy atom. The molecule has 2 aromatic carbocycles. The Kier molecular flexibility index (Phi) is 6.29. The Hall–Kier alpha value is -1.80. The summed E-state index contributed by atoms with van der Waals surface area (Å²) in [6, 6.07) is 18.0. The molecular formula is C23H34NO+. The zero-order chi connectivity index (χ0) is 18.6. The van der Waals surface area contributed by atoms with E-state index in [0.717, 1.165) is 23.0 Å². The van der Waals surface area contributed by atoms with Crippen LogP contribution in [0.2, 0.25) is 0 Å². The first-order valence-corrected chi connectivity index (χ1v) is 9.45. The van der Waals surface area contributed by atoms with Gasteiger partial charge in [-0.05, 0) is 57.4 Å². The number of quaternary nitrogens is 1. The van der Waals surface area contributed by atoms with Crippen LogP contribution < -0.4 is 0 Å². The van der Waals surface area contributed by atoms with Gasteiger partial charge in [0.1, 0.15) is 5.75 Å². The fourth-order valence-corrected chi connectivity index (χ4v) is 3.63. The molecule has 1 atom stereocenters. The molecule has 136 valence electrons. The van der Waals surface area contributed by atoms with Gasteiger partial charge in [0.25, 0.3) is 0 Å². The lowest BCUT2D eigenvalue weighted by Crippen LogP contribution is -2.55. The topological polar surface area (TPSA) is 20.2 Å². The van der Waals surface area contributed by atoms with E-state index in [1.165, 1.54) is 11.1 Å². The van der Waals surface area contributed by atoms with Gasteiger partial charge in [-0.1, -0.05) is 42.5 Å². The smallest absolute Gasteiger partial charge is 0.118 e. The van der Waals surface area contributed by atoms with Gasteiger partial charge in [-0.15, -0.1) is 0 Å². The summed E-state index contributed by atoms with van der Waals surface area (Å²) in [4.78, 5) is 0. The SMILES string of the molecule is Cc1cc([C@H](CC[N+](C)(C(C)C)C(C)C)c2ccccc2)ccc1O. The quantitative estimate of drug-likeness (QED) is 0.661. The Morgan fingerprint density at radius 1 is 0.880 bits per heavy atom. The van der Waals surface area contributed by atoms with E-state index in [1.807, 2.05) is 13.0 Å². The van der Waals surface area contributed by atoms with Gasteiger partial charge in [0.05, 0.1) is 25.7 Å². The highest BCUT2D eigenvalue weighted by Crippen LogP contribution is 2.32. The zero-order valence-electron chi connectivity index (χ0n) is 16.7. The van der Waals surface area contributed by atoms with Crippen molar-refractivity contribution in [3.63, 3.8) is 0 Å². The number of nitrogens with zero attached hydrogens (tertiary/aromatic N) is 1. The van der Waals surface area contributed by atoms with Gasteiger partial charge in [-0.2, -0.15) is 0 Å². The summed E-state index contributed by atoms with van der Waals surface area (Å²) in [5.74, 6) is 0.732. The first-order valence-electron chi connectivity index (χ1n) is 9.45. The minimum atomic E-state index is 0.357. The van der Waals surface area contributed by atoms with Gasteiger partial charge >= 0.3 is 0 Å². The van der Waals surface area contributed by atoms with Crippen molar-refractivity contribution < 1.29 is 9.59 Å². The number of rotatable bonds is 7. The van der Waals surface area contributed by atoms with Crippen molar-refractivity contribution in [2.24, 2.45) is 0 Å². The Balaban J connectivity index is 2.34. The van der Waals surface area contributed by atoms with E-state index >= 15 is 0 Å². The van der Waals surface area contributed by atoms with Crippen molar-refractivity contribution in [1.82, 2.24) is 0 Å². The van der Waals surface area contributed by atoms with Gasteiger partial charge in [0.2, 0.25) is 0 Å². The molecule has 0 aromatic heterocycles. The highest BCUT2D eigenvalue weighted by atomic mass is 16.3. The molecule has 2 heteroatoms. The number of hydrogen-bond donors (Lipinski definition) is 1. The molecule has 1 N–H and O–H groups in total. The first-order chi connectivity index (χ1) is 11.8. The molecule has 2 rings (SSSR count). The number of aryl methyl sites for hydroxylation is 1. The molecule has 0 aliphatic rings. The molecule has 0 aliphatic heterocycles. The van der Waals surface area contributed by atoms with E-state index in [9.17, 15) is 5.11 Å². The molecule has 0 saturated carbocycles. The Morgan fingerprint density at radius 3 is 2.00 bits per heavy atom. The first kappa shape index (κ1) is 19.5. The average molecular weight is 341 g/mol. The van der Waals surface area contributed by atoms with Gasteiger partial charge in [0, 0.05) is 12.3 Å². The van der Waals surface area contributed by atoms with E-state index in [0.29, 0.717) is 23.8 Å². The maximum absolute atomic E-state index is 9.90. The normalized spacial score (nSPS) is 13.4. The maximum atomic E-state index is 9.90. The predicted molar refractivity (Wildman–Crippen MR) is 107 cm³/mol. The van der Waals surface area contributed by atoms with Gasteiger partial charge in [-0.3, -0.25) is 0 Å². The standard InChI is InChI=1S/C23H33NO/c1-17(2)24(6,18(3)4)15-14-22(20-10-8-7-9-11-20)21-12-13-23(25)19(5)16-21/h7-13,16-18,22H,14-15H2,1-6H3/p+1/t22-/m1/s1. The Bertz CT molecular complexity index is 668. The molecule has 2 aromatic rings. The van der Waals surface area contributed by atoms with Crippen LogP contribution in [0.25, 0.3) is 0 Å². The predicted octanol–water partition coefficient (Wildman–Crippen LogP) is 5.49. The lowest BCUT2D eigenvalue weighted by molar-refractivity contribution is -0.949. The van der Waals surface area contributed by atoms with Crippen LogP contribution in [0.5, 0.6) is 5.75 Å². The van der Waals surface area contributed by atoms with Crippen LogP contribution in [-0.4, -0.2) is 35.3 Å². The van der Waals surface area contributed by atoms with Crippen molar-refractivity contribution in [2.45, 2.75) is 59.0 Å². The highest BCUT2D eigenvalue weighted by Gasteiger charge is 2.31. The summed E-state index contributed by atoms with van der Waals surface area (Å²) >= 11 is 0. The summed E-state index contributed by atoms with van der Waals surface area (Å²) in [7, 11) is 2.37. The van der Waals surface area contributed by atoms with Crippen molar-refractivity contribution in [3.05, 3.63) is 65.2 Å².